The number of aromatic nitrogens is 5. The summed E-state index contributed by atoms with van der Waals surface area (Å²) in [6.45, 7) is 6.93. The van der Waals surface area contributed by atoms with Crippen molar-refractivity contribution in [2.24, 2.45) is 0 Å². The minimum atomic E-state index is 0.115. The highest BCUT2D eigenvalue weighted by Gasteiger charge is 2.30. The topological polar surface area (TPSA) is 65.6 Å². The molecule has 3 heterocycles. The first kappa shape index (κ1) is 17.5. The number of carbonyl (C=O) groups is 1. The standard InChI is InChI=1S/C18H21N5OS2/c1-4-22-16(13-5-6-13)20-21-18(22)26-10-15(24)14-9-11(2)23(12(14)3)17-19-7-8-25-17/h7-9,13H,4-6,10H2,1-3H3. The van der Waals surface area contributed by atoms with Gasteiger partial charge in [0.25, 0.3) is 0 Å². The van der Waals surface area contributed by atoms with E-state index in [1.165, 1.54) is 24.6 Å². The maximum atomic E-state index is 12.8. The highest BCUT2D eigenvalue weighted by molar-refractivity contribution is 7.99. The van der Waals surface area contributed by atoms with Crippen LogP contribution in [0.4, 0.5) is 0 Å². The summed E-state index contributed by atoms with van der Waals surface area (Å²) < 4.78 is 4.19. The fourth-order valence-corrected chi connectivity index (χ4v) is 4.87. The number of thioether (sulfide) groups is 1. The van der Waals surface area contributed by atoms with Crippen LogP contribution in [-0.2, 0) is 6.54 Å². The third-order valence-electron chi connectivity index (χ3n) is 4.68. The zero-order valence-electron chi connectivity index (χ0n) is 15.1. The lowest BCUT2D eigenvalue weighted by molar-refractivity contribution is 0.102. The lowest BCUT2D eigenvalue weighted by Gasteiger charge is -2.07. The van der Waals surface area contributed by atoms with Crippen LogP contribution in [0.25, 0.3) is 5.13 Å². The lowest BCUT2D eigenvalue weighted by Crippen LogP contribution is -2.07. The van der Waals surface area contributed by atoms with E-state index in [1.54, 1.807) is 17.5 Å². The predicted octanol–water partition coefficient (Wildman–Crippen LogP) is 4.01. The Morgan fingerprint density at radius 2 is 2.15 bits per heavy atom. The minimum Gasteiger partial charge on any atom is -0.306 e. The molecule has 0 N–H and O–H groups in total. The van der Waals surface area contributed by atoms with Crippen molar-refractivity contribution in [3.63, 3.8) is 0 Å². The van der Waals surface area contributed by atoms with Crippen LogP contribution < -0.4 is 0 Å². The van der Waals surface area contributed by atoms with Crippen molar-refractivity contribution in [1.82, 2.24) is 24.3 Å². The molecule has 0 aromatic carbocycles. The average molecular weight is 388 g/mol. The van der Waals surface area contributed by atoms with Gasteiger partial charge < -0.3 is 4.57 Å². The second-order valence-corrected chi connectivity index (χ2v) is 8.32. The lowest BCUT2D eigenvalue weighted by atomic mass is 10.2. The molecule has 0 radical (unpaired) electrons. The van der Waals surface area contributed by atoms with Crippen LogP contribution in [0.15, 0.2) is 22.8 Å². The van der Waals surface area contributed by atoms with Gasteiger partial charge in [0.15, 0.2) is 16.1 Å². The number of hydrogen-bond acceptors (Lipinski definition) is 6. The highest BCUT2D eigenvalue weighted by Crippen LogP contribution is 2.40. The molecule has 1 saturated carbocycles. The molecule has 6 nitrogen and oxygen atoms in total. The molecule has 4 rings (SSSR count). The number of Topliss-reactive ketones (excluding diaryl/α,β-unsaturated/α-hetero) is 1. The van der Waals surface area contributed by atoms with E-state index in [2.05, 4.69) is 26.7 Å². The number of hydrogen-bond donors (Lipinski definition) is 0. The number of aryl methyl sites for hydroxylation is 1. The number of rotatable bonds is 7. The van der Waals surface area contributed by atoms with Crippen LogP contribution in [0.2, 0.25) is 0 Å². The molecule has 8 heteroatoms. The zero-order valence-corrected chi connectivity index (χ0v) is 16.7. The Labute approximate surface area is 160 Å². The predicted molar refractivity (Wildman–Crippen MR) is 104 cm³/mol. The maximum absolute atomic E-state index is 12.8. The second kappa shape index (κ2) is 7.00. The van der Waals surface area contributed by atoms with E-state index in [1.807, 2.05) is 29.9 Å². The van der Waals surface area contributed by atoms with Crippen molar-refractivity contribution in [1.29, 1.82) is 0 Å². The van der Waals surface area contributed by atoms with Crippen LogP contribution in [-0.4, -0.2) is 35.9 Å². The van der Waals surface area contributed by atoms with E-state index >= 15 is 0 Å². The Morgan fingerprint density at radius 3 is 2.81 bits per heavy atom. The molecule has 1 fully saturated rings. The molecule has 0 spiro atoms. The van der Waals surface area contributed by atoms with Crippen molar-refractivity contribution in [2.45, 2.75) is 51.2 Å². The van der Waals surface area contributed by atoms with E-state index in [-0.39, 0.29) is 5.78 Å². The molecular weight excluding hydrogens is 366 g/mol. The molecule has 3 aromatic heterocycles. The van der Waals surface area contributed by atoms with Crippen molar-refractivity contribution in [3.05, 3.63) is 40.4 Å². The van der Waals surface area contributed by atoms with Crippen LogP contribution in [0.1, 0.15) is 53.3 Å². The summed E-state index contributed by atoms with van der Waals surface area (Å²) in [4.78, 5) is 17.2. The van der Waals surface area contributed by atoms with Gasteiger partial charge in [0, 0.05) is 41.0 Å². The summed E-state index contributed by atoms with van der Waals surface area (Å²) in [5, 5.41) is 12.3. The van der Waals surface area contributed by atoms with E-state index in [0.29, 0.717) is 11.7 Å². The third-order valence-corrected chi connectivity index (χ3v) is 6.40. The van der Waals surface area contributed by atoms with E-state index < -0.39 is 0 Å². The normalized spacial score (nSPS) is 14.1. The molecule has 0 atom stereocenters. The summed E-state index contributed by atoms with van der Waals surface area (Å²) in [5.41, 5.74) is 2.73. The Balaban J connectivity index is 1.52. The first-order valence-corrected chi connectivity index (χ1v) is 10.6. The van der Waals surface area contributed by atoms with Gasteiger partial charge in [-0.3, -0.25) is 9.36 Å². The van der Waals surface area contributed by atoms with Gasteiger partial charge in [0.05, 0.1) is 5.75 Å². The van der Waals surface area contributed by atoms with Crippen LogP contribution in [0.5, 0.6) is 0 Å². The monoisotopic (exact) mass is 387 g/mol. The first-order valence-electron chi connectivity index (χ1n) is 8.78. The van der Waals surface area contributed by atoms with E-state index in [9.17, 15) is 4.79 Å². The second-order valence-electron chi connectivity index (χ2n) is 6.51. The molecule has 1 aliphatic rings. The SMILES string of the molecule is CCn1c(SCC(=O)c2cc(C)n(-c3nccs3)c2C)nnc1C1CC1. The number of thiazole rings is 1. The van der Waals surface area contributed by atoms with E-state index in [0.717, 1.165) is 39.6 Å². The zero-order chi connectivity index (χ0) is 18.3. The summed E-state index contributed by atoms with van der Waals surface area (Å²) in [6, 6.07) is 1.96. The molecule has 0 unspecified atom stereocenters. The molecule has 0 saturated heterocycles. The van der Waals surface area contributed by atoms with Gasteiger partial charge in [-0.2, -0.15) is 0 Å². The molecule has 26 heavy (non-hydrogen) atoms. The van der Waals surface area contributed by atoms with Gasteiger partial charge in [0.1, 0.15) is 5.82 Å². The molecule has 0 amide bonds. The summed E-state index contributed by atoms with van der Waals surface area (Å²) in [6.07, 6.45) is 4.18. The fourth-order valence-electron chi connectivity index (χ4n) is 3.22. The highest BCUT2D eigenvalue weighted by atomic mass is 32.2. The van der Waals surface area contributed by atoms with Gasteiger partial charge in [-0.05, 0) is 39.7 Å². The summed E-state index contributed by atoms with van der Waals surface area (Å²) >= 11 is 3.05. The third kappa shape index (κ3) is 3.12. The Morgan fingerprint density at radius 1 is 1.35 bits per heavy atom. The number of ketones is 1. The first-order chi connectivity index (χ1) is 12.6. The van der Waals surface area contributed by atoms with Gasteiger partial charge >= 0.3 is 0 Å². The van der Waals surface area contributed by atoms with Crippen LogP contribution in [0, 0.1) is 13.8 Å². The summed E-state index contributed by atoms with van der Waals surface area (Å²) in [7, 11) is 0. The van der Waals surface area contributed by atoms with Crippen molar-refractivity contribution in [2.75, 3.05) is 5.75 Å². The van der Waals surface area contributed by atoms with Crippen molar-refractivity contribution in [3.8, 4) is 5.13 Å². The largest absolute Gasteiger partial charge is 0.306 e. The summed E-state index contributed by atoms with van der Waals surface area (Å²) in [5.74, 6) is 2.11. The van der Waals surface area contributed by atoms with Gasteiger partial charge in [-0.1, -0.05) is 11.8 Å². The van der Waals surface area contributed by atoms with Crippen LogP contribution in [0.3, 0.4) is 0 Å². The Kier molecular flexibility index (Phi) is 4.71. The molecule has 0 bridgehead atoms. The van der Waals surface area contributed by atoms with Gasteiger partial charge in [0.2, 0.25) is 0 Å². The van der Waals surface area contributed by atoms with Gasteiger partial charge in [-0.25, -0.2) is 4.98 Å². The molecule has 1 aliphatic carbocycles. The fraction of sp³-hybridized carbons (Fsp3) is 0.444. The molecule has 0 aliphatic heterocycles. The quantitative estimate of drug-likeness (QED) is 0.453. The minimum absolute atomic E-state index is 0.115. The smallest absolute Gasteiger partial charge is 0.193 e. The average Bonchev–Trinajstić information content (AvgIpc) is 3.05. The van der Waals surface area contributed by atoms with E-state index in [4.69, 9.17) is 0 Å². The van der Waals surface area contributed by atoms with Gasteiger partial charge in [-0.15, -0.1) is 21.5 Å². The maximum Gasteiger partial charge on any atom is 0.193 e. The molecule has 3 aromatic rings. The van der Waals surface area contributed by atoms with Crippen LogP contribution >= 0.6 is 23.1 Å². The van der Waals surface area contributed by atoms with Crippen molar-refractivity contribution >= 4 is 28.9 Å². The number of carbonyl (C=O) groups excluding carboxylic acids is 1. The molecule has 136 valence electrons. The molecular formula is C18H21N5OS2. The van der Waals surface area contributed by atoms with Crippen molar-refractivity contribution < 1.29 is 4.79 Å². The number of nitrogens with zero attached hydrogens (tertiary/aromatic N) is 5. The Hall–Kier alpha value is -1.93. The Bertz CT molecular complexity index is 937.